The van der Waals surface area contributed by atoms with Crippen molar-refractivity contribution in [2.75, 3.05) is 0 Å². The fourth-order valence-corrected chi connectivity index (χ4v) is 4.86. The van der Waals surface area contributed by atoms with Crippen LogP contribution in [0.25, 0.3) is 0 Å². The first-order chi connectivity index (χ1) is 17.1. The van der Waals surface area contributed by atoms with Crippen LogP contribution in [-0.4, -0.2) is 28.4 Å². The van der Waals surface area contributed by atoms with Gasteiger partial charge in [-0.15, -0.1) is 0 Å². The van der Waals surface area contributed by atoms with Crippen LogP contribution in [0.4, 0.5) is 4.79 Å². The summed E-state index contributed by atoms with van der Waals surface area (Å²) in [5.74, 6) is -0.489. The number of amidine groups is 1. The second-order valence-corrected chi connectivity index (χ2v) is 11.2. The third kappa shape index (κ3) is 5.79. The number of oxime groups is 1. The van der Waals surface area contributed by atoms with Crippen LogP contribution < -0.4 is 10.6 Å². The molecule has 1 spiro atoms. The van der Waals surface area contributed by atoms with Gasteiger partial charge >= 0.3 is 6.03 Å². The Morgan fingerprint density at radius 3 is 2.22 bits per heavy atom. The molecule has 0 atom stereocenters. The molecular weight excluding hydrogens is 499 g/mol. The van der Waals surface area contributed by atoms with E-state index in [9.17, 15) is 9.59 Å². The summed E-state index contributed by atoms with van der Waals surface area (Å²) in [5.41, 5.74) is 2.07. The van der Waals surface area contributed by atoms with Gasteiger partial charge in [0.1, 0.15) is 0 Å². The number of halogens is 2. The summed E-state index contributed by atoms with van der Waals surface area (Å²) in [5, 5.41) is 10.7. The number of rotatable bonds is 5. The molecule has 2 aromatic carbocycles. The van der Waals surface area contributed by atoms with Gasteiger partial charge in [-0.3, -0.25) is 4.79 Å². The molecule has 2 aromatic rings. The molecule has 9 heteroatoms. The van der Waals surface area contributed by atoms with E-state index in [2.05, 4.69) is 48.7 Å². The van der Waals surface area contributed by atoms with Gasteiger partial charge in [0.15, 0.2) is 0 Å². The van der Waals surface area contributed by atoms with E-state index >= 15 is 0 Å². The highest BCUT2D eigenvalue weighted by Gasteiger charge is 2.52. The van der Waals surface area contributed by atoms with Crippen LogP contribution in [0.5, 0.6) is 0 Å². The van der Waals surface area contributed by atoms with Gasteiger partial charge < -0.3 is 15.5 Å². The number of nitrogens with one attached hydrogen (secondary N) is 2. The zero-order valence-electron chi connectivity index (χ0n) is 20.9. The Morgan fingerprint density at radius 1 is 0.944 bits per heavy atom. The molecule has 4 rings (SSSR count). The molecule has 1 saturated carbocycles. The van der Waals surface area contributed by atoms with Crippen molar-refractivity contribution >= 4 is 41.0 Å². The smallest absolute Gasteiger partial charge is 0.326 e. The number of carbonyl (C=O) groups excluding carboxylic acids is 2. The van der Waals surface area contributed by atoms with E-state index in [1.165, 1.54) is 10.5 Å². The van der Waals surface area contributed by atoms with Crippen LogP contribution in [0.3, 0.4) is 0 Å². The van der Waals surface area contributed by atoms with E-state index in [4.69, 9.17) is 28.0 Å². The minimum atomic E-state index is -0.943. The number of carbonyl (C=O) groups is 2. The van der Waals surface area contributed by atoms with Gasteiger partial charge in [-0.25, -0.2) is 9.69 Å². The minimum absolute atomic E-state index is 0.0325. The SMILES string of the molecule is CC(C)(C)c1ccc(CNC(=O)C2=NOC3(CCCCC3)N2C(=O)NCc2ccc(Cl)c(Cl)c2)cc1. The Labute approximate surface area is 222 Å². The molecule has 7 nitrogen and oxygen atoms in total. The van der Waals surface area contributed by atoms with Crippen LogP contribution in [0, 0.1) is 0 Å². The quantitative estimate of drug-likeness (QED) is 0.488. The third-order valence-electron chi connectivity index (χ3n) is 6.66. The summed E-state index contributed by atoms with van der Waals surface area (Å²) in [4.78, 5) is 33.7. The molecule has 1 aliphatic heterocycles. The van der Waals surface area contributed by atoms with Crippen LogP contribution in [-0.2, 0) is 28.1 Å². The van der Waals surface area contributed by atoms with Gasteiger partial charge in [-0.1, -0.05) is 85.9 Å². The highest BCUT2D eigenvalue weighted by molar-refractivity contribution is 6.42. The summed E-state index contributed by atoms with van der Waals surface area (Å²) in [6.45, 7) is 7.00. The molecule has 36 heavy (non-hydrogen) atoms. The molecule has 0 bridgehead atoms. The van der Waals surface area contributed by atoms with E-state index < -0.39 is 17.7 Å². The monoisotopic (exact) mass is 530 g/mol. The van der Waals surface area contributed by atoms with E-state index in [1.54, 1.807) is 18.2 Å². The van der Waals surface area contributed by atoms with E-state index in [1.807, 2.05) is 12.1 Å². The van der Waals surface area contributed by atoms with Crippen molar-refractivity contribution in [2.24, 2.45) is 5.16 Å². The van der Waals surface area contributed by atoms with Crippen molar-refractivity contribution in [1.29, 1.82) is 0 Å². The van der Waals surface area contributed by atoms with Gasteiger partial charge in [0.25, 0.3) is 5.91 Å². The maximum absolute atomic E-state index is 13.4. The molecule has 1 heterocycles. The van der Waals surface area contributed by atoms with Crippen molar-refractivity contribution < 1.29 is 14.4 Å². The maximum Gasteiger partial charge on any atom is 0.326 e. The van der Waals surface area contributed by atoms with Crippen LogP contribution in [0.2, 0.25) is 10.0 Å². The molecule has 2 N–H and O–H groups in total. The Hall–Kier alpha value is -2.77. The lowest BCUT2D eigenvalue weighted by Gasteiger charge is -2.38. The predicted molar refractivity (Wildman–Crippen MR) is 142 cm³/mol. The second-order valence-electron chi connectivity index (χ2n) is 10.4. The van der Waals surface area contributed by atoms with Crippen molar-refractivity contribution in [3.8, 4) is 0 Å². The first-order valence-corrected chi connectivity index (χ1v) is 13.0. The molecule has 192 valence electrons. The normalized spacial score (nSPS) is 16.9. The Balaban J connectivity index is 1.46. The van der Waals surface area contributed by atoms with Gasteiger partial charge in [0.2, 0.25) is 11.6 Å². The minimum Gasteiger partial charge on any atom is -0.364 e. The Bertz CT molecular complexity index is 1150. The summed E-state index contributed by atoms with van der Waals surface area (Å²) in [6, 6.07) is 12.9. The van der Waals surface area contributed by atoms with Gasteiger partial charge in [-0.05, 0) is 47.1 Å². The number of hydrogen-bond acceptors (Lipinski definition) is 4. The van der Waals surface area contributed by atoms with E-state index in [0.29, 0.717) is 29.4 Å². The summed E-state index contributed by atoms with van der Waals surface area (Å²) >= 11 is 12.1. The molecule has 1 fully saturated rings. The molecule has 1 aliphatic carbocycles. The Kier molecular flexibility index (Phi) is 7.81. The first-order valence-electron chi connectivity index (χ1n) is 12.2. The molecular formula is C27H32Cl2N4O3. The Morgan fingerprint density at radius 2 is 1.58 bits per heavy atom. The molecule has 3 amide bonds. The van der Waals surface area contributed by atoms with Crippen molar-refractivity contribution in [3.05, 3.63) is 69.2 Å². The average Bonchev–Trinajstić information content (AvgIpc) is 3.21. The first kappa shape index (κ1) is 26.3. The standard InChI is InChI=1S/C27H32Cl2N4O3/c1-26(2,3)20-10-7-18(8-11-20)16-30-24(34)23-32-36-27(13-5-4-6-14-27)33(23)25(35)31-17-19-9-12-21(28)22(29)15-19/h7-12,15H,4-6,13-14,16-17H2,1-3H3,(H,30,34)(H,31,35). The molecule has 2 aliphatic rings. The molecule has 0 saturated heterocycles. The lowest BCUT2D eigenvalue weighted by Crippen LogP contribution is -2.58. The zero-order chi connectivity index (χ0) is 25.9. The number of amides is 3. The van der Waals surface area contributed by atoms with Crippen LogP contribution in [0.15, 0.2) is 47.6 Å². The fraction of sp³-hybridized carbons (Fsp3) is 0.444. The lowest BCUT2D eigenvalue weighted by atomic mass is 9.87. The van der Waals surface area contributed by atoms with Crippen LogP contribution >= 0.6 is 23.2 Å². The highest BCUT2D eigenvalue weighted by atomic mass is 35.5. The van der Waals surface area contributed by atoms with Crippen LogP contribution in [0.1, 0.15) is 69.6 Å². The fourth-order valence-electron chi connectivity index (χ4n) is 4.54. The van der Waals surface area contributed by atoms with Gasteiger partial charge in [0.05, 0.1) is 10.0 Å². The van der Waals surface area contributed by atoms with Crippen molar-refractivity contribution in [3.63, 3.8) is 0 Å². The van der Waals surface area contributed by atoms with Crippen molar-refractivity contribution in [2.45, 2.75) is 77.1 Å². The second kappa shape index (κ2) is 10.7. The van der Waals surface area contributed by atoms with Gasteiger partial charge in [0, 0.05) is 25.9 Å². The number of hydrogen-bond donors (Lipinski definition) is 2. The molecule has 0 unspecified atom stereocenters. The lowest BCUT2D eigenvalue weighted by molar-refractivity contribution is -0.117. The zero-order valence-corrected chi connectivity index (χ0v) is 22.4. The van der Waals surface area contributed by atoms with E-state index in [-0.39, 0.29) is 17.8 Å². The largest absolute Gasteiger partial charge is 0.364 e. The summed E-state index contributed by atoms with van der Waals surface area (Å²) in [6.07, 6.45) is 4.06. The number of nitrogens with zero attached hydrogens (tertiary/aromatic N) is 2. The van der Waals surface area contributed by atoms with Crippen molar-refractivity contribution in [1.82, 2.24) is 15.5 Å². The van der Waals surface area contributed by atoms with Gasteiger partial charge in [-0.2, -0.15) is 0 Å². The molecule has 0 aromatic heterocycles. The third-order valence-corrected chi connectivity index (χ3v) is 7.40. The maximum atomic E-state index is 13.4. The number of urea groups is 1. The highest BCUT2D eigenvalue weighted by Crippen LogP contribution is 2.39. The molecule has 0 radical (unpaired) electrons. The number of benzene rings is 2. The average molecular weight is 531 g/mol. The topological polar surface area (TPSA) is 83.0 Å². The summed E-state index contributed by atoms with van der Waals surface area (Å²) < 4.78 is 0. The summed E-state index contributed by atoms with van der Waals surface area (Å²) in [7, 11) is 0. The van der Waals surface area contributed by atoms with E-state index in [0.717, 1.165) is 30.4 Å². The predicted octanol–water partition coefficient (Wildman–Crippen LogP) is 6.12.